The van der Waals surface area contributed by atoms with E-state index in [-0.39, 0.29) is 18.4 Å². The normalized spacial score (nSPS) is 13.7. The predicted molar refractivity (Wildman–Crippen MR) is 110 cm³/mol. The van der Waals surface area contributed by atoms with Gasteiger partial charge in [-0.2, -0.15) is 0 Å². The van der Waals surface area contributed by atoms with Crippen molar-refractivity contribution < 1.29 is 9.59 Å². The van der Waals surface area contributed by atoms with Crippen LogP contribution in [0.25, 0.3) is 0 Å². The van der Waals surface area contributed by atoms with Gasteiger partial charge in [-0.15, -0.1) is 0 Å². The number of benzene rings is 2. The Bertz CT molecular complexity index is 783. The monoisotopic (exact) mass is 366 g/mol. The van der Waals surface area contributed by atoms with E-state index in [0.717, 1.165) is 24.5 Å². The fraction of sp³-hybridized carbons (Fsp3) is 0.333. The van der Waals surface area contributed by atoms with Gasteiger partial charge < -0.3 is 20.9 Å². The van der Waals surface area contributed by atoms with E-state index in [1.165, 1.54) is 31.9 Å². The molecule has 3 N–H and O–H groups in total. The van der Waals surface area contributed by atoms with Crippen LogP contribution in [0.2, 0.25) is 0 Å². The summed E-state index contributed by atoms with van der Waals surface area (Å²) in [5, 5.41) is 8.69. The summed E-state index contributed by atoms with van der Waals surface area (Å²) in [6, 6.07) is 15.3. The van der Waals surface area contributed by atoms with E-state index in [1.54, 1.807) is 12.1 Å². The maximum absolute atomic E-state index is 12.2. The fourth-order valence-corrected chi connectivity index (χ4v) is 3.21. The van der Waals surface area contributed by atoms with Crippen LogP contribution in [-0.2, 0) is 9.59 Å². The minimum Gasteiger partial charge on any atom is -0.376 e. The van der Waals surface area contributed by atoms with Crippen LogP contribution in [0.15, 0.2) is 48.5 Å². The van der Waals surface area contributed by atoms with Crippen LogP contribution in [0.3, 0.4) is 0 Å². The summed E-state index contributed by atoms with van der Waals surface area (Å²) in [5.41, 5.74) is 3.47. The first-order valence-corrected chi connectivity index (χ1v) is 9.36. The summed E-state index contributed by atoms with van der Waals surface area (Å²) in [7, 11) is 0. The van der Waals surface area contributed by atoms with Crippen LogP contribution in [0.1, 0.15) is 26.2 Å². The molecule has 0 aromatic heterocycles. The first kappa shape index (κ1) is 18.8. The number of hydrogen-bond acceptors (Lipinski definition) is 4. The van der Waals surface area contributed by atoms with Crippen molar-refractivity contribution in [3.63, 3.8) is 0 Å². The second-order valence-corrected chi connectivity index (χ2v) is 6.76. The molecule has 1 aliphatic heterocycles. The molecule has 1 fully saturated rings. The van der Waals surface area contributed by atoms with E-state index in [1.807, 2.05) is 24.3 Å². The molecule has 142 valence electrons. The van der Waals surface area contributed by atoms with E-state index in [9.17, 15) is 9.59 Å². The van der Waals surface area contributed by atoms with Gasteiger partial charge in [0.1, 0.15) is 0 Å². The molecule has 27 heavy (non-hydrogen) atoms. The Morgan fingerprint density at radius 1 is 0.889 bits per heavy atom. The Kier molecular flexibility index (Phi) is 6.30. The Labute approximate surface area is 159 Å². The van der Waals surface area contributed by atoms with Crippen LogP contribution in [0.5, 0.6) is 0 Å². The van der Waals surface area contributed by atoms with E-state index < -0.39 is 0 Å². The van der Waals surface area contributed by atoms with Crippen LogP contribution in [-0.4, -0.2) is 31.4 Å². The van der Waals surface area contributed by atoms with Crippen LogP contribution in [0, 0.1) is 0 Å². The molecule has 1 aliphatic rings. The number of nitrogens with zero attached hydrogens (tertiary/aromatic N) is 1. The van der Waals surface area contributed by atoms with Gasteiger partial charge in [0.15, 0.2) is 0 Å². The van der Waals surface area contributed by atoms with E-state index >= 15 is 0 Å². The number of carbonyl (C=O) groups excluding carboxylic acids is 2. The standard InChI is InChI=1S/C21H26N4O2/c1-16(26)23-19-7-5-6-18(14-19)22-15-21(27)24-17-8-10-20(11-9-17)25-12-3-2-4-13-25/h5-11,14,22H,2-4,12-13,15H2,1H3,(H,23,26)(H,24,27). The number of rotatable bonds is 6. The molecule has 0 saturated carbocycles. The molecule has 6 nitrogen and oxygen atoms in total. The van der Waals surface area contributed by atoms with Crippen molar-refractivity contribution in [3.8, 4) is 0 Å². The van der Waals surface area contributed by atoms with E-state index in [2.05, 4.69) is 33.0 Å². The largest absolute Gasteiger partial charge is 0.376 e. The summed E-state index contributed by atoms with van der Waals surface area (Å²) >= 11 is 0. The van der Waals surface area contributed by atoms with Crippen molar-refractivity contribution in [3.05, 3.63) is 48.5 Å². The highest BCUT2D eigenvalue weighted by atomic mass is 16.2. The van der Waals surface area contributed by atoms with Gasteiger partial charge in [0.2, 0.25) is 11.8 Å². The molecule has 1 saturated heterocycles. The van der Waals surface area contributed by atoms with Gasteiger partial charge in [-0.05, 0) is 61.7 Å². The zero-order valence-corrected chi connectivity index (χ0v) is 15.6. The molecule has 0 bridgehead atoms. The highest BCUT2D eigenvalue weighted by Crippen LogP contribution is 2.22. The van der Waals surface area contributed by atoms with Gasteiger partial charge in [-0.25, -0.2) is 0 Å². The third-order valence-corrected chi connectivity index (χ3v) is 4.51. The predicted octanol–water partition coefficient (Wildman–Crippen LogP) is 3.69. The minimum atomic E-state index is -0.127. The zero-order valence-electron chi connectivity index (χ0n) is 15.6. The molecule has 0 spiro atoms. The Hall–Kier alpha value is -3.02. The molecule has 2 amide bonds. The smallest absolute Gasteiger partial charge is 0.243 e. The molecule has 6 heteroatoms. The lowest BCUT2D eigenvalue weighted by atomic mass is 10.1. The first-order chi connectivity index (χ1) is 13.1. The summed E-state index contributed by atoms with van der Waals surface area (Å²) in [4.78, 5) is 25.7. The third kappa shape index (κ3) is 5.74. The van der Waals surface area contributed by atoms with E-state index in [0.29, 0.717) is 5.69 Å². The minimum absolute atomic E-state index is 0.120. The summed E-state index contributed by atoms with van der Waals surface area (Å²) in [6.07, 6.45) is 3.80. The van der Waals surface area contributed by atoms with Crippen LogP contribution in [0.4, 0.5) is 22.7 Å². The molecule has 3 rings (SSSR count). The molecule has 2 aromatic carbocycles. The molecular formula is C21H26N4O2. The Morgan fingerprint density at radius 3 is 2.30 bits per heavy atom. The topological polar surface area (TPSA) is 73.5 Å². The van der Waals surface area contributed by atoms with Gasteiger partial charge in [0.05, 0.1) is 6.54 Å². The number of piperidine rings is 1. The van der Waals surface area contributed by atoms with E-state index in [4.69, 9.17) is 0 Å². The lowest BCUT2D eigenvalue weighted by Crippen LogP contribution is -2.29. The number of nitrogens with one attached hydrogen (secondary N) is 3. The maximum atomic E-state index is 12.2. The Morgan fingerprint density at radius 2 is 1.59 bits per heavy atom. The van der Waals surface area contributed by atoms with Crippen LogP contribution >= 0.6 is 0 Å². The number of hydrogen-bond donors (Lipinski definition) is 3. The molecule has 0 aliphatic carbocycles. The second kappa shape index (κ2) is 9.07. The number of anilines is 4. The fourth-order valence-electron chi connectivity index (χ4n) is 3.21. The molecule has 0 atom stereocenters. The SMILES string of the molecule is CC(=O)Nc1cccc(NCC(=O)Nc2ccc(N3CCCCC3)cc2)c1. The Balaban J connectivity index is 1.49. The van der Waals surface area contributed by atoms with Crippen molar-refractivity contribution in [2.45, 2.75) is 26.2 Å². The quantitative estimate of drug-likeness (QED) is 0.729. The summed E-state index contributed by atoms with van der Waals surface area (Å²) in [6.45, 7) is 3.82. The number of carbonyl (C=O) groups is 2. The van der Waals surface area contributed by atoms with Gasteiger partial charge in [0, 0.05) is 42.8 Å². The van der Waals surface area contributed by atoms with Crippen molar-refractivity contribution >= 4 is 34.6 Å². The third-order valence-electron chi connectivity index (χ3n) is 4.51. The second-order valence-electron chi connectivity index (χ2n) is 6.76. The summed E-state index contributed by atoms with van der Waals surface area (Å²) < 4.78 is 0. The maximum Gasteiger partial charge on any atom is 0.243 e. The van der Waals surface area contributed by atoms with Crippen molar-refractivity contribution in [1.29, 1.82) is 0 Å². The lowest BCUT2D eigenvalue weighted by molar-refractivity contribution is -0.115. The average Bonchev–Trinajstić information content (AvgIpc) is 2.67. The molecular weight excluding hydrogens is 340 g/mol. The van der Waals surface area contributed by atoms with Crippen molar-refractivity contribution in [2.24, 2.45) is 0 Å². The zero-order chi connectivity index (χ0) is 19.1. The summed E-state index contributed by atoms with van der Waals surface area (Å²) in [5.74, 6) is -0.247. The van der Waals surface area contributed by atoms with Crippen molar-refractivity contribution in [1.82, 2.24) is 0 Å². The van der Waals surface area contributed by atoms with Gasteiger partial charge in [-0.1, -0.05) is 6.07 Å². The number of amides is 2. The van der Waals surface area contributed by atoms with Crippen molar-refractivity contribution in [2.75, 3.05) is 40.5 Å². The first-order valence-electron chi connectivity index (χ1n) is 9.36. The van der Waals surface area contributed by atoms with Gasteiger partial charge in [-0.3, -0.25) is 9.59 Å². The molecule has 1 heterocycles. The highest BCUT2D eigenvalue weighted by molar-refractivity contribution is 5.94. The van der Waals surface area contributed by atoms with Gasteiger partial charge >= 0.3 is 0 Å². The molecule has 0 radical (unpaired) electrons. The molecule has 0 unspecified atom stereocenters. The molecule has 2 aromatic rings. The highest BCUT2D eigenvalue weighted by Gasteiger charge is 2.11. The van der Waals surface area contributed by atoms with Crippen LogP contribution < -0.4 is 20.9 Å². The lowest BCUT2D eigenvalue weighted by Gasteiger charge is -2.28. The van der Waals surface area contributed by atoms with Gasteiger partial charge in [0.25, 0.3) is 0 Å². The average molecular weight is 366 g/mol.